The third-order valence-corrected chi connectivity index (χ3v) is 3.43. The second-order valence-electron chi connectivity index (χ2n) is 5.10. The molecule has 1 aromatic carbocycles. The van der Waals surface area contributed by atoms with Gasteiger partial charge >= 0.3 is 0 Å². The zero-order chi connectivity index (χ0) is 13.3. The topological polar surface area (TPSA) is 32.3 Å². The summed E-state index contributed by atoms with van der Waals surface area (Å²) in [5, 5.41) is 2.92. The summed E-state index contributed by atoms with van der Waals surface area (Å²) in [5.41, 5.74) is 1.69. The number of piperazine rings is 1. The number of hydrogen-bond acceptors (Lipinski definition) is 2. The largest absolute Gasteiger partial charge is 0.351 e. The van der Waals surface area contributed by atoms with Gasteiger partial charge in [-0.2, -0.15) is 0 Å². The fraction of sp³-hybridized carbons (Fsp3) is 0.500. The first-order chi connectivity index (χ1) is 8.47. The summed E-state index contributed by atoms with van der Waals surface area (Å²) in [6, 6.07) is 5.15. The van der Waals surface area contributed by atoms with E-state index in [-0.39, 0.29) is 23.8 Å². The molecule has 3 nitrogen and oxygen atoms in total. The van der Waals surface area contributed by atoms with Crippen LogP contribution in [0.25, 0.3) is 0 Å². The van der Waals surface area contributed by atoms with Gasteiger partial charge < -0.3 is 5.32 Å². The van der Waals surface area contributed by atoms with Crippen LogP contribution in [0.3, 0.4) is 0 Å². The van der Waals surface area contributed by atoms with Crippen molar-refractivity contribution in [2.45, 2.75) is 39.4 Å². The minimum absolute atomic E-state index is 0.0626. The van der Waals surface area contributed by atoms with Crippen LogP contribution in [-0.4, -0.2) is 29.4 Å². The fourth-order valence-corrected chi connectivity index (χ4v) is 2.33. The van der Waals surface area contributed by atoms with Crippen molar-refractivity contribution in [2.24, 2.45) is 0 Å². The molecule has 2 atom stereocenters. The lowest BCUT2D eigenvalue weighted by atomic mass is 10.1. The molecule has 98 valence electrons. The predicted octanol–water partition coefficient (Wildman–Crippen LogP) is 1.84. The Labute approximate surface area is 107 Å². The van der Waals surface area contributed by atoms with Gasteiger partial charge in [0.15, 0.2) is 0 Å². The highest BCUT2D eigenvalue weighted by Crippen LogP contribution is 2.15. The Morgan fingerprint density at radius 2 is 2.17 bits per heavy atom. The summed E-state index contributed by atoms with van der Waals surface area (Å²) >= 11 is 0. The third kappa shape index (κ3) is 2.70. The number of aryl methyl sites for hydroxylation is 1. The van der Waals surface area contributed by atoms with Gasteiger partial charge in [0.1, 0.15) is 5.82 Å². The summed E-state index contributed by atoms with van der Waals surface area (Å²) in [6.07, 6.45) is 0. The fourth-order valence-electron chi connectivity index (χ4n) is 2.33. The van der Waals surface area contributed by atoms with Gasteiger partial charge in [0.25, 0.3) is 0 Å². The number of rotatable bonds is 2. The van der Waals surface area contributed by atoms with E-state index in [0.717, 1.165) is 12.1 Å². The van der Waals surface area contributed by atoms with Gasteiger partial charge in [0.05, 0.1) is 6.04 Å². The van der Waals surface area contributed by atoms with Crippen LogP contribution < -0.4 is 5.32 Å². The maximum Gasteiger partial charge on any atom is 0.237 e. The minimum atomic E-state index is -0.184. The van der Waals surface area contributed by atoms with E-state index < -0.39 is 0 Å². The van der Waals surface area contributed by atoms with Crippen LogP contribution >= 0.6 is 0 Å². The van der Waals surface area contributed by atoms with Gasteiger partial charge in [-0.3, -0.25) is 9.69 Å². The highest BCUT2D eigenvalue weighted by molar-refractivity contribution is 5.82. The van der Waals surface area contributed by atoms with E-state index in [1.54, 1.807) is 13.0 Å². The molecule has 0 saturated carbocycles. The normalized spacial score (nSPS) is 25.0. The average Bonchev–Trinajstić information content (AvgIpc) is 2.30. The van der Waals surface area contributed by atoms with Crippen LogP contribution in [0.1, 0.15) is 25.0 Å². The van der Waals surface area contributed by atoms with Gasteiger partial charge in [-0.25, -0.2) is 4.39 Å². The second-order valence-corrected chi connectivity index (χ2v) is 5.10. The van der Waals surface area contributed by atoms with Crippen molar-refractivity contribution in [3.05, 3.63) is 35.1 Å². The number of benzene rings is 1. The zero-order valence-corrected chi connectivity index (χ0v) is 11.0. The molecule has 0 spiro atoms. The van der Waals surface area contributed by atoms with Gasteiger partial charge in [0, 0.05) is 19.1 Å². The molecule has 1 aliphatic heterocycles. The van der Waals surface area contributed by atoms with Gasteiger partial charge in [-0.15, -0.1) is 0 Å². The summed E-state index contributed by atoms with van der Waals surface area (Å²) in [5.74, 6) is -0.121. The van der Waals surface area contributed by atoms with Gasteiger partial charge in [-0.1, -0.05) is 12.1 Å². The van der Waals surface area contributed by atoms with Crippen molar-refractivity contribution in [3.8, 4) is 0 Å². The summed E-state index contributed by atoms with van der Waals surface area (Å²) in [4.78, 5) is 13.8. The van der Waals surface area contributed by atoms with Crippen LogP contribution in [0, 0.1) is 12.7 Å². The smallest absolute Gasteiger partial charge is 0.237 e. The lowest BCUT2D eigenvalue weighted by Gasteiger charge is -2.36. The zero-order valence-electron chi connectivity index (χ0n) is 11.0. The molecule has 2 unspecified atom stereocenters. The molecule has 1 fully saturated rings. The summed E-state index contributed by atoms with van der Waals surface area (Å²) in [7, 11) is 0. The number of hydrogen-bond donors (Lipinski definition) is 1. The number of nitrogens with zero attached hydrogens (tertiary/aromatic N) is 1. The van der Waals surface area contributed by atoms with Crippen LogP contribution in [-0.2, 0) is 11.3 Å². The van der Waals surface area contributed by atoms with Crippen molar-refractivity contribution >= 4 is 5.91 Å². The molecule has 0 radical (unpaired) electrons. The average molecular weight is 250 g/mol. The van der Waals surface area contributed by atoms with Crippen LogP contribution in [0.2, 0.25) is 0 Å². The maximum atomic E-state index is 13.2. The van der Waals surface area contributed by atoms with E-state index in [1.165, 1.54) is 6.07 Å². The molecule has 2 rings (SSSR count). The van der Waals surface area contributed by atoms with E-state index >= 15 is 0 Å². The molecule has 1 saturated heterocycles. The molecular formula is C14H19FN2O. The molecule has 0 bridgehead atoms. The van der Waals surface area contributed by atoms with Crippen LogP contribution in [0.5, 0.6) is 0 Å². The molecule has 1 N–H and O–H groups in total. The molecule has 1 aromatic rings. The highest BCUT2D eigenvalue weighted by atomic mass is 19.1. The van der Waals surface area contributed by atoms with E-state index in [2.05, 4.69) is 10.2 Å². The predicted molar refractivity (Wildman–Crippen MR) is 68.6 cm³/mol. The highest BCUT2D eigenvalue weighted by Gasteiger charge is 2.28. The summed E-state index contributed by atoms with van der Waals surface area (Å²) < 4.78 is 13.2. The van der Waals surface area contributed by atoms with Gasteiger partial charge in [0.2, 0.25) is 5.91 Å². The Balaban J connectivity index is 2.12. The number of carbonyl (C=O) groups is 1. The standard InChI is InChI=1S/C14H19FN2O/c1-9-6-12(4-5-13(9)15)8-17-7-10(2)16-14(18)11(17)3/h4-6,10-11H,7-8H2,1-3H3,(H,16,18). The maximum absolute atomic E-state index is 13.2. The van der Waals surface area contributed by atoms with E-state index in [0.29, 0.717) is 12.1 Å². The van der Waals surface area contributed by atoms with Crippen molar-refractivity contribution in [3.63, 3.8) is 0 Å². The number of nitrogens with one attached hydrogen (secondary N) is 1. The molecule has 0 aromatic heterocycles. The van der Waals surface area contributed by atoms with Crippen molar-refractivity contribution in [1.82, 2.24) is 10.2 Å². The SMILES string of the molecule is Cc1cc(CN2CC(C)NC(=O)C2C)ccc1F. The van der Waals surface area contributed by atoms with Crippen molar-refractivity contribution in [1.29, 1.82) is 0 Å². The first-order valence-electron chi connectivity index (χ1n) is 6.27. The van der Waals surface area contributed by atoms with E-state index in [4.69, 9.17) is 0 Å². The minimum Gasteiger partial charge on any atom is -0.351 e. The van der Waals surface area contributed by atoms with Crippen molar-refractivity contribution in [2.75, 3.05) is 6.54 Å². The Kier molecular flexibility index (Phi) is 3.66. The monoisotopic (exact) mass is 250 g/mol. The molecule has 1 heterocycles. The molecule has 18 heavy (non-hydrogen) atoms. The number of halogens is 1. The Morgan fingerprint density at radius 1 is 1.44 bits per heavy atom. The Bertz CT molecular complexity index is 461. The van der Waals surface area contributed by atoms with E-state index in [9.17, 15) is 9.18 Å². The molecule has 4 heteroatoms. The molecule has 1 amide bonds. The van der Waals surface area contributed by atoms with Gasteiger partial charge in [-0.05, 0) is 38.0 Å². The van der Waals surface area contributed by atoms with Crippen molar-refractivity contribution < 1.29 is 9.18 Å². The second kappa shape index (κ2) is 5.06. The summed E-state index contributed by atoms with van der Waals surface area (Å²) in [6.45, 7) is 7.15. The lowest BCUT2D eigenvalue weighted by Crippen LogP contribution is -2.57. The quantitative estimate of drug-likeness (QED) is 0.868. The Hall–Kier alpha value is -1.42. The number of carbonyl (C=O) groups excluding carboxylic acids is 1. The molecule has 1 aliphatic rings. The van der Waals surface area contributed by atoms with Crippen LogP contribution in [0.4, 0.5) is 4.39 Å². The first kappa shape index (κ1) is 13.0. The van der Waals surface area contributed by atoms with Crippen LogP contribution in [0.15, 0.2) is 18.2 Å². The first-order valence-corrected chi connectivity index (χ1v) is 6.27. The Morgan fingerprint density at radius 3 is 2.83 bits per heavy atom. The third-order valence-electron chi connectivity index (χ3n) is 3.43. The van der Waals surface area contributed by atoms with E-state index in [1.807, 2.05) is 19.9 Å². The molecule has 0 aliphatic carbocycles. The number of amides is 1. The lowest BCUT2D eigenvalue weighted by molar-refractivity contribution is -0.130. The molecular weight excluding hydrogens is 231 g/mol.